The highest BCUT2D eigenvalue weighted by Gasteiger charge is 2.26. The zero-order valence-electron chi connectivity index (χ0n) is 12.6. The fourth-order valence-corrected chi connectivity index (χ4v) is 3.17. The average Bonchev–Trinajstić information content (AvgIpc) is 2.92. The van der Waals surface area contributed by atoms with Crippen LogP contribution in [-0.4, -0.2) is 28.3 Å². The molecule has 8 heteroatoms. The number of aliphatic hydroxyl groups is 1. The van der Waals surface area contributed by atoms with Crippen LogP contribution in [0.5, 0.6) is 0 Å². The van der Waals surface area contributed by atoms with Crippen molar-refractivity contribution in [2.75, 3.05) is 0 Å². The number of halogens is 3. The van der Waals surface area contributed by atoms with E-state index in [0.717, 1.165) is 25.3 Å². The van der Waals surface area contributed by atoms with Crippen molar-refractivity contribution >= 4 is 29.1 Å². The third-order valence-electron chi connectivity index (χ3n) is 4.01. The Bertz CT molecular complexity index is 766. The minimum Gasteiger partial charge on any atom is -0.393 e. The molecule has 2 aromatic rings. The van der Waals surface area contributed by atoms with Gasteiger partial charge in [0.05, 0.1) is 11.1 Å². The van der Waals surface area contributed by atoms with Gasteiger partial charge in [-0.3, -0.25) is 4.79 Å². The first-order valence-corrected chi connectivity index (χ1v) is 8.31. The van der Waals surface area contributed by atoms with Crippen molar-refractivity contribution in [2.24, 2.45) is 0 Å². The lowest BCUT2D eigenvalue weighted by atomic mass is 9.93. The molecular formula is C16H15Cl2FN2O3. The Labute approximate surface area is 147 Å². The maximum Gasteiger partial charge on any atom is 0.275 e. The van der Waals surface area contributed by atoms with E-state index in [2.05, 4.69) is 10.5 Å². The van der Waals surface area contributed by atoms with Crippen LogP contribution < -0.4 is 5.32 Å². The SMILES string of the molecule is O=C(NC1CCCC(O)C1)c1noc(-c2ccc(Cl)c(F)c2)c1Cl. The largest absolute Gasteiger partial charge is 0.393 e. The summed E-state index contributed by atoms with van der Waals surface area (Å²) < 4.78 is 18.7. The molecule has 2 N–H and O–H groups in total. The molecule has 2 atom stereocenters. The van der Waals surface area contributed by atoms with E-state index in [4.69, 9.17) is 27.7 Å². The monoisotopic (exact) mass is 372 g/mol. The third-order valence-corrected chi connectivity index (χ3v) is 4.67. The topological polar surface area (TPSA) is 75.4 Å². The van der Waals surface area contributed by atoms with E-state index in [9.17, 15) is 14.3 Å². The molecular weight excluding hydrogens is 358 g/mol. The molecule has 128 valence electrons. The molecule has 1 aliphatic carbocycles. The summed E-state index contributed by atoms with van der Waals surface area (Å²) in [6.45, 7) is 0. The fraction of sp³-hybridized carbons (Fsp3) is 0.375. The van der Waals surface area contributed by atoms with Crippen molar-refractivity contribution in [2.45, 2.75) is 37.8 Å². The lowest BCUT2D eigenvalue weighted by Gasteiger charge is -2.26. The molecule has 0 spiro atoms. The van der Waals surface area contributed by atoms with Crippen LogP contribution in [0, 0.1) is 5.82 Å². The molecule has 1 fully saturated rings. The smallest absolute Gasteiger partial charge is 0.275 e. The first-order chi connectivity index (χ1) is 11.5. The molecule has 1 saturated carbocycles. The zero-order valence-corrected chi connectivity index (χ0v) is 14.1. The number of aromatic nitrogens is 1. The molecule has 2 unspecified atom stereocenters. The number of hydrogen-bond acceptors (Lipinski definition) is 4. The summed E-state index contributed by atoms with van der Waals surface area (Å²) in [6, 6.07) is 3.92. The van der Waals surface area contributed by atoms with E-state index >= 15 is 0 Å². The van der Waals surface area contributed by atoms with Gasteiger partial charge in [-0.05, 0) is 43.9 Å². The van der Waals surface area contributed by atoms with Crippen LogP contribution in [0.2, 0.25) is 10.0 Å². The second kappa shape index (κ2) is 7.09. The quantitative estimate of drug-likeness (QED) is 0.858. The van der Waals surface area contributed by atoms with Crippen molar-refractivity contribution in [1.29, 1.82) is 0 Å². The van der Waals surface area contributed by atoms with E-state index in [0.29, 0.717) is 12.0 Å². The van der Waals surface area contributed by atoms with Crippen LogP contribution in [0.3, 0.4) is 0 Å². The Morgan fingerprint density at radius 3 is 2.88 bits per heavy atom. The van der Waals surface area contributed by atoms with Crippen LogP contribution in [0.25, 0.3) is 11.3 Å². The number of rotatable bonds is 3. The van der Waals surface area contributed by atoms with Crippen molar-refractivity contribution in [3.63, 3.8) is 0 Å². The second-order valence-electron chi connectivity index (χ2n) is 5.79. The van der Waals surface area contributed by atoms with Gasteiger partial charge < -0.3 is 14.9 Å². The number of amides is 1. The molecule has 1 aliphatic rings. The molecule has 0 bridgehead atoms. The Hall–Kier alpha value is -1.63. The summed E-state index contributed by atoms with van der Waals surface area (Å²) in [6.07, 6.45) is 2.45. The van der Waals surface area contributed by atoms with E-state index < -0.39 is 17.8 Å². The van der Waals surface area contributed by atoms with Gasteiger partial charge >= 0.3 is 0 Å². The van der Waals surface area contributed by atoms with Gasteiger partial charge in [0.2, 0.25) is 0 Å². The van der Waals surface area contributed by atoms with E-state index in [1.807, 2.05) is 0 Å². The first kappa shape index (κ1) is 17.2. The van der Waals surface area contributed by atoms with E-state index in [1.54, 1.807) is 0 Å². The van der Waals surface area contributed by atoms with Gasteiger partial charge in [0.15, 0.2) is 11.5 Å². The summed E-state index contributed by atoms with van der Waals surface area (Å²) in [5.41, 5.74) is 0.267. The second-order valence-corrected chi connectivity index (χ2v) is 6.58. The molecule has 0 radical (unpaired) electrons. The molecule has 5 nitrogen and oxygen atoms in total. The fourth-order valence-electron chi connectivity index (χ4n) is 2.79. The van der Waals surface area contributed by atoms with Gasteiger partial charge in [0, 0.05) is 11.6 Å². The van der Waals surface area contributed by atoms with Crippen molar-refractivity contribution in [1.82, 2.24) is 10.5 Å². The molecule has 1 amide bonds. The average molecular weight is 373 g/mol. The number of benzene rings is 1. The van der Waals surface area contributed by atoms with Crippen LogP contribution in [0.15, 0.2) is 22.7 Å². The molecule has 3 rings (SSSR count). The van der Waals surface area contributed by atoms with E-state index in [1.165, 1.54) is 12.1 Å². The summed E-state index contributed by atoms with van der Waals surface area (Å²) in [5.74, 6) is -1.01. The standard InChI is InChI=1S/C16H15Cl2FN2O3/c17-11-5-4-8(6-12(11)19)15-13(18)14(21-24-15)16(23)20-9-2-1-3-10(22)7-9/h4-6,9-10,22H,1-3,7H2,(H,20,23). The maximum atomic E-state index is 13.6. The Balaban J connectivity index is 1.78. The predicted molar refractivity (Wildman–Crippen MR) is 87.6 cm³/mol. The van der Waals surface area contributed by atoms with Crippen molar-refractivity contribution < 1.29 is 18.8 Å². The predicted octanol–water partition coefficient (Wildman–Crippen LogP) is 3.82. The Kier molecular flexibility index (Phi) is 5.08. The third kappa shape index (κ3) is 3.55. The number of carbonyl (C=O) groups is 1. The highest BCUT2D eigenvalue weighted by Crippen LogP contribution is 2.32. The summed E-state index contributed by atoms with van der Waals surface area (Å²) >= 11 is 11.8. The normalized spacial score (nSPS) is 20.8. The van der Waals surface area contributed by atoms with Gasteiger partial charge in [-0.2, -0.15) is 0 Å². The lowest BCUT2D eigenvalue weighted by Crippen LogP contribution is -2.40. The Morgan fingerprint density at radius 2 is 2.17 bits per heavy atom. The number of carbonyl (C=O) groups excluding carboxylic acids is 1. The van der Waals surface area contributed by atoms with Gasteiger partial charge in [-0.15, -0.1) is 0 Å². The number of hydrogen-bond donors (Lipinski definition) is 2. The van der Waals surface area contributed by atoms with E-state index in [-0.39, 0.29) is 27.5 Å². The minimum atomic E-state index is -0.621. The number of nitrogens with one attached hydrogen (secondary N) is 1. The maximum absolute atomic E-state index is 13.6. The van der Waals surface area contributed by atoms with Gasteiger partial charge in [0.25, 0.3) is 5.91 Å². The minimum absolute atomic E-state index is 0.00517. The highest BCUT2D eigenvalue weighted by atomic mass is 35.5. The van der Waals surface area contributed by atoms with Crippen LogP contribution in [0.4, 0.5) is 4.39 Å². The van der Waals surface area contributed by atoms with Crippen LogP contribution in [-0.2, 0) is 0 Å². The van der Waals surface area contributed by atoms with Gasteiger partial charge in [-0.1, -0.05) is 28.4 Å². The molecule has 24 heavy (non-hydrogen) atoms. The van der Waals surface area contributed by atoms with Crippen LogP contribution in [0.1, 0.15) is 36.2 Å². The lowest BCUT2D eigenvalue weighted by molar-refractivity contribution is 0.0842. The van der Waals surface area contributed by atoms with Crippen LogP contribution >= 0.6 is 23.2 Å². The van der Waals surface area contributed by atoms with Gasteiger partial charge in [-0.25, -0.2) is 4.39 Å². The molecule has 1 aromatic carbocycles. The summed E-state index contributed by atoms with van der Waals surface area (Å²) in [7, 11) is 0. The molecule has 1 aromatic heterocycles. The van der Waals surface area contributed by atoms with Gasteiger partial charge in [0.1, 0.15) is 10.8 Å². The molecule has 0 aliphatic heterocycles. The Morgan fingerprint density at radius 1 is 1.38 bits per heavy atom. The number of aliphatic hydroxyl groups excluding tert-OH is 1. The molecule has 0 saturated heterocycles. The summed E-state index contributed by atoms with van der Waals surface area (Å²) in [5, 5.41) is 16.1. The number of nitrogens with zero attached hydrogens (tertiary/aromatic N) is 1. The zero-order chi connectivity index (χ0) is 17.3. The van der Waals surface area contributed by atoms with Crippen molar-refractivity contribution in [3.8, 4) is 11.3 Å². The van der Waals surface area contributed by atoms with Crippen molar-refractivity contribution in [3.05, 3.63) is 39.8 Å². The first-order valence-electron chi connectivity index (χ1n) is 7.55. The molecule has 1 heterocycles. The summed E-state index contributed by atoms with van der Waals surface area (Å²) in [4.78, 5) is 12.3. The highest BCUT2D eigenvalue weighted by molar-refractivity contribution is 6.35.